The van der Waals surface area contributed by atoms with Crippen molar-refractivity contribution in [2.45, 2.75) is 24.3 Å². The van der Waals surface area contributed by atoms with Crippen molar-refractivity contribution in [2.24, 2.45) is 0 Å². The molecule has 3 aromatic carbocycles. The van der Waals surface area contributed by atoms with Crippen LogP contribution in [0, 0.1) is 6.92 Å². The number of hydrogen-bond acceptors (Lipinski definition) is 4. The van der Waals surface area contributed by atoms with Crippen LogP contribution < -0.4 is 4.31 Å². The average Bonchev–Trinajstić information content (AvgIpc) is 3.25. The Hall–Kier alpha value is -2.62. The van der Waals surface area contributed by atoms with Gasteiger partial charge in [-0.15, -0.1) is 0 Å². The van der Waals surface area contributed by atoms with Crippen molar-refractivity contribution in [1.29, 1.82) is 0 Å². The molecule has 0 spiro atoms. The van der Waals surface area contributed by atoms with E-state index in [2.05, 4.69) is 15.9 Å². The first-order chi connectivity index (χ1) is 16.1. The molecule has 2 aliphatic rings. The molecule has 0 saturated carbocycles. The van der Waals surface area contributed by atoms with Gasteiger partial charge in [0.2, 0.25) is 10.0 Å². The highest BCUT2D eigenvalue weighted by atomic mass is 79.9. The molecule has 0 saturated heterocycles. The van der Waals surface area contributed by atoms with E-state index in [4.69, 9.17) is 0 Å². The summed E-state index contributed by atoms with van der Waals surface area (Å²) in [5.74, 6) is 0. The second kappa shape index (κ2) is 8.25. The average molecular weight is 560 g/mol. The highest BCUT2D eigenvalue weighted by Crippen LogP contribution is 2.52. The van der Waals surface area contributed by atoms with Crippen LogP contribution >= 0.6 is 15.9 Å². The molecule has 0 N–H and O–H groups in total. The lowest BCUT2D eigenvalue weighted by molar-refractivity contribution is 0.525. The summed E-state index contributed by atoms with van der Waals surface area (Å²) >= 11 is 3.44. The second-order valence-corrected chi connectivity index (χ2v) is 13.2. The van der Waals surface area contributed by atoms with Gasteiger partial charge in [-0.25, -0.2) is 16.8 Å². The third-order valence-electron chi connectivity index (χ3n) is 6.25. The van der Waals surface area contributed by atoms with Gasteiger partial charge in [-0.1, -0.05) is 64.0 Å². The molecule has 0 bridgehead atoms. The Balaban J connectivity index is 1.76. The molecule has 0 aromatic heterocycles. The van der Waals surface area contributed by atoms with E-state index in [1.54, 1.807) is 48.5 Å². The molecule has 1 atom stereocenters. The molecular formula is C25H23BrN2O4S2. The van der Waals surface area contributed by atoms with E-state index in [0.29, 0.717) is 23.4 Å². The van der Waals surface area contributed by atoms with Crippen LogP contribution in [0.5, 0.6) is 0 Å². The van der Waals surface area contributed by atoms with Crippen LogP contribution in [0.2, 0.25) is 0 Å². The van der Waals surface area contributed by atoms with Gasteiger partial charge in [-0.05, 0) is 54.8 Å². The molecule has 2 aliphatic heterocycles. The Kier molecular flexibility index (Phi) is 5.61. The van der Waals surface area contributed by atoms with Crippen molar-refractivity contribution >= 4 is 47.4 Å². The zero-order valence-electron chi connectivity index (χ0n) is 18.6. The van der Waals surface area contributed by atoms with Gasteiger partial charge in [0.25, 0.3) is 10.0 Å². The van der Waals surface area contributed by atoms with Crippen molar-refractivity contribution < 1.29 is 16.8 Å². The number of sulfonamides is 2. The fourth-order valence-corrected chi connectivity index (χ4v) is 7.70. The molecule has 5 rings (SSSR count). The predicted octanol–water partition coefficient (Wildman–Crippen LogP) is 5.08. The molecule has 0 amide bonds. The molecule has 0 aliphatic carbocycles. The van der Waals surface area contributed by atoms with Crippen LogP contribution in [-0.4, -0.2) is 33.9 Å². The molecule has 1 unspecified atom stereocenters. The number of fused-ring (bicyclic) bond motifs is 2. The predicted molar refractivity (Wildman–Crippen MR) is 137 cm³/mol. The van der Waals surface area contributed by atoms with E-state index in [0.717, 1.165) is 21.2 Å². The Morgan fingerprint density at radius 2 is 1.53 bits per heavy atom. The van der Waals surface area contributed by atoms with Gasteiger partial charge in [0.15, 0.2) is 0 Å². The Bertz CT molecular complexity index is 1510. The maximum atomic E-state index is 13.7. The highest BCUT2D eigenvalue weighted by molar-refractivity contribution is 9.10. The largest absolute Gasteiger partial charge is 0.265 e. The number of hydrogen-bond donors (Lipinski definition) is 0. The number of rotatable bonds is 4. The van der Waals surface area contributed by atoms with Crippen molar-refractivity contribution in [2.75, 3.05) is 17.1 Å². The van der Waals surface area contributed by atoms with Crippen LogP contribution in [0.25, 0.3) is 5.70 Å². The minimum atomic E-state index is -3.83. The maximum absolute atomic E-state index is 13.7. The monoisotopic (exact) mass is 558 g/mol. The lowest BCUT2D eigenvalue weighted by atomic mass is 9.90. The number of para-hydroxylation sites is 1. The van der Waals surface area contributed by atoms with Crippen LogP contribution in [0.4, 0.5) is 5.69 Å². The maximum Gasteiger partial charge on any atom is 0.264 e. The molecule has 9 heteroatoms. The van der Waals surface area contributed by atoms with Gasteiger partial charge in [0.05, 0.1) is 28.6 Å². The van der Waals surface area contributed by atoms with Crippen LogP contribution in [-0.2, 0) is 20.0 Å². The fourth-order valence-electron chi connectivity index (χ4n) is 4.76. The quantitative estimate of drug-likeness (QED) is 0.447. The van der Waals surface area contributed by atoms with E-state index in [-0.39, 0.29) is 11.4 Å². The summed E-state index contributed by atoms with van der Waals surface area (Å²) in [5, 5.41) is 0. The minimum Gasteiger partial charge on any atom is -0.265 e. The van der Waals surface area contributed by atoms with Crippen molar-refractivity contribution in [1.82, 2.24) is 4.31 Å². The van der Waals surface area contributed by atoms with Crippen molar-refractivity contribution in [3.05, 3.63) is 99.5 Å². The summed E-state index contributed by atoms with van der Waals surface area (Å²) in [5.41, 5.74) is 4.19. The normalized spacial score (nSPS) is 18.1. The lowest BCUT2D eigenvalue weighted by Gasteiger charge is -2.39. The third kappa shape index (κ3) is 3.76. The molecule has 6 nitrogen and oxygen atoms in total. The fraction of sp³-hybridized carbons (Fsp3) is 0.200. The smallest absolute Gasteiger partial charge is 0.264 e. The van der Waals surface area contributed by atoms with Gasteiger partial charge in [-0.2, -0.15) is 0 Å². The van der Waals surface area contributed by atoms with Crippen molar-refractivity contribution in [3.8, 4) is 0 Å². The first-order valence-corrected chi connectivity index (χ1v) is 14.8. The molecule has 176 valence electrons. The number of benzene rings is 3. The third-order valence-corrected chi connectivity index (χ3v) is 9.72. The van der Waals surface area contributed by atoms with Gasteiger partial charge >= 0.3 is 0 Å². The number of nitrogens with zero attached hydrogens (tertiary/aromatic N) is 2. The van der Waals surface area contributed by atoms with Gasteiger partial charge in [-0.3, -0.25) is 8.61 Å². The molecule has 3 aromatic rings. The summed E-state index contributed by atoms with van der Waals surface area (Å²) < 4.78 is 57.4. The minimum absolute atomic E-state index is 0.218. The summed E-state index contributed by atoms with van der Waals surface area (Å²) in [6.45, 7) is 2.16. The zero-order chi connectivity index (χ0) is 24.3. The van der Waals surface area contributed by atoms with Crippen LogP contribution in [0.3, 0.4) is 0 Å². The lowest BCUT2D eigenvalue weighted by Crippen LogP contribution is -2.39. The Morgan fingerprint density at radius 3 is 2.18 bits per heavy atom. The highest BCUT2D eigenvalue weighted by Gasteiger charge is 2.45. The summed E-state index contributed by atoms with van der Waals surface area (Å²) in [7, 11) is -7.51. The molecular weight excluding hydrogens is 536 g/mol. The zero-order valence-corrected chi connectivity index (χ0v) is 21.9. The second-order valence-electron chi connectivity index (χ2n) is 8.54. The molecule has 0 radical (unpaired) electrons. The van der Waals surface area contributed by atoms with E-state index in [1.165, 1.54) is 14.9 Å². The molecule has 34 heavy (non-hydrogen) atoms. The van der Waals surface area contributed by atoms with E-state index in [9.17, 15) is 16.8 Å². The van der Waals surface area contributed by atoms with Gasteiger partial charge in [0.1, 0.15) is 0 Å². The molecule has 0 fully saturated rings. The van der Waals surface area contributed by atoms with Crippen molar-refractivity contribution in [3.63, 3.8) is 0 Å². The number of aryl methyl sites for hydroxylation is 1. The first-order valence-electron chi connectivity index (χ1n) is 10.8. The standard InChI is InChI=1S/C25H23BrN2O4S2/c1-17-7-13-20(14-8-17)34(31,32)27-16-15-22-24(18-9-11-19(26)12-10-18)28(33(2,29)30)23-6-4-3-5-21(23)25(22)27/h3-14,24H,15-16H2,1-2H3. The topological polar surface area (TPSA) is 74.8 Å². The Labute approximate surface area is 208 Å². The van der Waals surface area contributed by atoms with Gasteiger partial charge < -0.3 is 0 Å². The molecule has 2 heterocycles. The van der Waals surface area contributed by atoms with E-state index in [1.807, 2.05) is 31.2 Å². The summed E-state index contributed by atoms with van der Waals surface area (Å²) in [4.78, 5) is 0.218. The number of anilines is 1. The van der Waals surface area contributed by atoms with E-state index < -0.39 is 26.1 Å². The summed E-state index contributed by atoms with van der Waals surface area (Å²) in [6.07, 6.45) is 1.62. The first kappa shape index (κ1) is 23.1. The SMILES string of the molecule is Cc1ccc(S(=O)(=O)N2CCC3=C2c2ccccc2N(S(C)(=O)=O)C3c2ccc(Br)cc2)cc1. The van der Waals surface area contributed by atoms with Gasteiger partial charge in [0, 0.05) is 16.6 Å². The van der Waals surface area contributed by atoms with Crippen LogP contribution in [0.15, 0.2) is 87.7 Å². The number of halogens is 1. The van der Waals surface area contributed by atoms with E-state index >= 15 is 0 Å². The Morgan fingerprint density at radius 1 is 0.882 bits per heavy atom. The summed E-state index contributed by atoms with van der Waals surface area (Å²) in [6, 6.07) is 20.8. The van der Waals surface area contributed by atoms with Crippen LogP contribution in [0.1, 0.15) is 29.2 Å².